The number of halogens is 2. The number of carboxylic acid groups (broad SMARTS) is 1. The monoisotopic (exact) mass is 447 g/mol. The summed E-state index contributed by atoms with van der Waals surface area (Å²) in [5.41, 5.74) is 2.44. The molecule has 2 aromatic rings. The molecule has 164 valence electrons. The maximum absolute atomic E-state index is 12.6. The van der Waals surface area contributed by atoms with Gasteiger partial charge < -0.3 is 15.3 Å². The van der Waals surface area contributed by atoms with Crippen LogP contribution in [0, 0.1) is 5.92 Å². The van der Waals surface area contributed by atoms with Crippen molar-refractivity contribution in [2.45, 2.75) is 12.8 Å². The molecule has 0 bridgehead atoms. The van der Waals surface area contributed by atoms with Gasteiger partial charge >= 0.3 is 6.09 Å². The number of carbonyl (C=O) groups is 3. The van der Waals surface area contributed by atoms with Crippen LogP contribution in [0.3, 0.4) is 0 Å². The molecule has 1 fully saturated rings. The first kappa shape index (κ1) is 22.6. The summed E-state index contributed by atoms with van der Waals surface area (Å²) in [6, 6.07) is 13.7. The highest BCUT2D eigenvalue weighted by Gasteiger charge is 2.23. The molecular weight excluding hydrogens is 425 g/mol. The molecular formula is C22H23ClFN3O4. The predicted molar refractivity (Wildman–Crippen MR) is 116 cm³/mol. The summed E-state index contributed by atoms with van der Waals surface area (Å²) in [5.74, 6) is -0.987. The average molecular weight is 448 g/mol. The van der Waals surface area contributed by atoms with Crippen molar-refractivity contribution in [3.63, 3.8) is 0 Å². The second-order valence-electron chi connectivity index (χ2n) is 7.38. The number of nitrogens with one attached hydrogen (secondary N) is 1. The Hall–Kier alpha value is -3.13. The van der Waals surface area contributed by atoms with E-state index in [1.54, 1.807) is 42.5 Å². The van der Waals surface area contributed by atoms with E-state index in [0.717, 1.165) is 28.4 Å². The lowest BCUT2D eigenvalue weighted by molar-refractivity contribution is -0.118. The summed E-state index contributed by atoms with van der Waals surface area (Å²) in [5, 5.41) is 12.0. The first-order valence-corrected chi connectivity index (χ1v) is 10.2. The Kier molecular flexibility index (Phi) is 7.46. The number of piperidine rings is 1. The summed E-state index contributed by atoms with van der Waals surface area (Å²) in [6.07, 6.45) is 0.731. The molecule has 0 saturated carbocycles. The van der Waals surface area contributed by atoms with Gasteiger partial charge in [0, 0.05) is 37.0 Å². The highest BCUT2D eigenvalue weighted by Crippen LogP contribution is 2.25. The number of alkyl halides is 1. The van der Waals surface area contributed by atoms with E-state index in [-0.39, 0.29) is 11.8 Å². The summed E-state index contributed by atoms with van der Waals surface area (Å²) >= 11 is 5.80. The molecule has 1 heterocycles. The first-order valence-electron chi connectivity index (χ1n) is 9.90. The van der Waals surface area contributed by atoms with E-state index in [2.05, 4.69) is 5.32 Å². The number of hydrogen-bond acceptors (Lipinski definition) is 3. The van der Waals surface area contributed by atoms with Gasteiger partial charge in [0.15, 0.2) is 6.67 Å². The van der Waals surface area contributed by atoms with E-state index < -0.39 is 18.7 Å². The lowest BCUT2D eigenvalue weighted by Gasteiger charge is -2.30. The van der Waals surface area contributed by atoms with Gasteiger partial charge in [-0.15, -0.1) is 0 Å². The number of rotatable bonds is 6. The fraction of sp³-hybridized carbons (Fsp3) is 0.318. The van der Waals surface area contributed by atoms with Gasteiger partial charge in [-0.3, -0.25) is 9.59 Å². The van der Waals surface area contributed by atoms with Crippen LogP contribution in [0.25, 0.3) is 11.1 Å². The molecule has 1 aliphatic heterocycles. The molecule has 2 N–H and O–H groups in total. The largest absolute Gasteiger partial charge is 0.465 e. The van der Waals surface area contributed by atoms with E-state index in [4.69, 9.17) is 16.9 Å². The molecule has 7 nitrogen and oxygen atoms in total. The standard InChI is InChI=1S/C22H23ClFN3O4/c23-27(20(28)12-24)19-8-6-16(7-9-19)17-4-1-5-18(11-17)21(29)25-13-15-3-2-10-26(14-15)22(30)31/h1,4-9,11,15H,2-3,10,12-14H2,(H,25,29)(H,30,31)/t15-/m1/s1. The van der Waals surface area contributed by atoms with Gasteiger partial charge in [-0.25, -0.2) is 13.6 Å². The molecule has 0 unspecified atom stereocenters. The molecule has 0 spiro atoms. The SMILES string of the molecule is O=C(NC[C@H]1CCCN(C(=O)O)C1)c1cccc(-c2ccc(N(Cl)C(=O)CF)cc2)c1. The fourth-order valence-electron chi connectivity index (χ4n) is 3.57. The average Bonchev–Trinajstić information content (AvgIpc) is 2.81. The topological polar surface area (TPSA) is 89.9 Å². The zero-order chi connectivity index (χ0) is 22.4. The van der Waals surface area contributed by atoms with Crippen molar-refractivity contribution in [1.29, 1.82) is 0 Å². The molecule has 0 aliphatic carbocycles. The molecule has 1 aliphatic rings. The summed E-state index contributed by atoms with van der Waals surface area (Å²) in [6.45, 7) is 0.182. The number of anilines is 1. The normalized spacial score (nSPS) is 15.9. The second kappa shape index (κ2) is 10.3. The fourth-order valence-corrected chi connectivity index (χ4v) is 3.72. The maximum Gasteiger partial charge on any atom is 0.407 e. The van der Waals surface area contributed by atoms with E-state index in [9.17, 15) is 18.8 Å². The summed E-state index contributed by atoms with van der Waals surface area (Å²) in [4.78, 5) is 36.5. The number of hydrogen-bond donors (Lipinski definition) is 2. The minimum Gasteiger partial charge on any atom is -0.465 e. The Morgan fingerprint density at radius 1 is 1.16 bits per heavy atom. The van der Waals surface area contributed by atoms with Gasteiger partial charge in [-0.1, -0.05) is 24.3 Å². The number of benzene rings is 2. The Morgan fingerprint density at radius 3 is 2.58 bits per heavy atom. The highest BCUT2D eigenvalue weighted by molar-refractivity contribution is 6.36. The minimum absolute atomic E-state index is 0.0926. The van der Waals surface area contributed by atoms with Crippen LogP contribution in [-0.2, 0) is 4.79 Å². The molecule has 0 radical (unpaired) electrons. The van der Waals surface area contributed by atoms with Gasteiger partial charge in [0.1, 0.15) is 0 Å². The van der Waals surface area contributed by atoms with Crippen LogP contribution in [0.5, 0.6) is 0 Å². The van der Waals surface area contributed by atoms with Crippen LogP contribution in [0.15, 0.2) is 48.5 Å². The first-order chi connectivity index (χ1) is 14.9. The highest BCUT2D eigenvalue weighted by atomic mass is 35.5. The molecule has 9 heteroatoms. The van der Waals surface area contributed by atoms with Crippen LogP contribution in [0.1, 0.15) is 23.2 Å². The number of amides is 3. The molecule has 2 aromatic carbocycles. The van der Waals surface area contributed by atoms with Crippen LogP contribution in [0.4, 0.5) is 14.9 Å². The van der Waals surface area contributed by atoms with Crippen molar-refractivity contribution in [2.75, 3.05) is 30.7 Å². The Morgan fingerprint density at radius 2 is 1.90 bits per heavy atom. The van der Waals surface area contributed by atoms with E-state index in [1.807, 2.05) is 6.07 Å². The maximum atomic E-state index is 12.6. The van der Waals surface area contributed by atoms with Crippen LogP contribution in [-0.4, -0.2) is 54.2 Å². The molecule has 1 atom stereocenters. The third-order valence-corrected chi connectivity index (χ3v) is 5.61. The second-order valence-corrected chi connectivity index (χ2v) is 7.72. The smallest absolute Gasteiger partial charge is 0.407 e. The number of carbonyl (C=O) groups excluding carboxylic acids is 2. The summed E-state index contributed by atoms with van der Waals surface area (Å²) < 4.78 is 13.2. The van der Waals surface area contributed by atoms with Gasteiger partial charge in [0.2, 0.25) is 0 Å². The quantitative estimate of drug-likeness (QED) is 0.656. The van der Waals surface area contributed by atoms with Crippen molar-refractivity contribution in [2.24, 2.45) is 5.92 Å². The Bertz CT molecular complexity index is 954. The molecule has 3 amide bonds. The summed E-state index contributed by atoms with van der Waals surface area (Å²) in [7, 11) is 0. The zero-order valence-corrected chi connectivity index (χ0v) is 17.5. The van der Waals surface area contributed by atoms with Gasteiger partial charge in [0.25, 0.3) is 11.8 Å². The van der Waals surface area contributed by atoms with Gasteiger partial charge in [-0.2, -0.15) is 0 Å². The van der Waals surface area contributed by atoms with E-state index in [0.29, 0.717) is 30.9 Å². The van der Waals surface area contributed by atoms with Crippen molar-refractivity contribution < 1.29 is 23.9 Å². The lowest BCUT2D eigenvalue weighted by Crippen LogP contribution is -2.43. The third-order valence-electron chi connectivity index (χ3n) is 5.23. The molecule has 3 rings (SSSR count). The van der Waals surface area contributed by atoms with Crippen LogP contribution < -0.4 is 9.74 Å². The molecule has 1 saturated heterocycles. The third kappa shape index (κ3) is 5.73. The molecule has 31 heavy (non-hydrogen) atoms. The molecule has 0 aromatic heterocycles. The van der Waals surface area contributed by atoms with E-state index in [1.165, 1.54) is 4.90 Å². The van der Waals surface area contributed by atoms with Gasteiger partial charge in [-0.05, 0) is 54.2 Å². The van der Waals surface area contributed by atoms with E-state index >= 15 is 0 Å². The van der Waals surface area contributed by atoms with Crippen molar-refractivity contribution in [3.05, 3.63) is 54.1 Å². The van der Waals surface area contributed by atoms with Crippen LogP contribution in [0.2, 0.25) is 0 Å². The number of likely N-dealkylation sites (tertiary alicyclic amines) is 1. The minimum atomic E-state index is -1.18. The predicted octanol–water partition coefficient (Wildman–Crippen LogP) is 3.93. The van der Waals surface area contributed by atoms with Crippen LogP contribution >= 0.6 is 11.8 Å². The number of nitrogens with zero attached hydrogens (tertiary/aromatic N) is 2. The Labute approximate surface area is 184 Å². The van der Waals surface area contributed by atoms with Crippen molar-refractivity contribution in [1.82, 2.24) is 10.2 Å². The van der Waals surface area contributed by atoms with Crippen molar-refractivity contribution >= 4 is 35.4 Å². The van der Waals surface area contributed by atoms with Gasteiger partial charge in [0.05, 0.1) is 5.69 Å². The zero-order valence-electron chi connectivity index (χ0n) is 16.8. The lowest BCUT2D eigenvalue weighted by atomic mass is 9.98. The van der Waals surface area contributed by atoms with Crippen molar-refractivity contribution in [3.8, 4) is 11.1 Å². The Balaban J connectivity index is 1.64.